The first-order chi connectivity index (χ1) is 13.0. The molecule has 1 aliphatic heterocycles. The summed E-state index contributed by atoms with van der Waals surface area (Å²) in [7, 11) is 3.39. The minimum Gasteiger partial charge on any atom is -0.368 e. The molecule has 1 heterocycles. The Balaban J connectivity index is 2.80. The molecule has 0 radical (unpaired) electrons. The summed E-state index contributed by atoms with van der Waals surface area (Å²) in [6, 6.07) is -1.27. The summed E-state index contributed by atoms with van der Waals surface area (Å²) >= 11 is 0. The maximum Gasteiger partial charge on any atom is 0.259 e. The van der Waals surface area contributed by atoms with E-state index < -0.39 is 29.4 Å². The second-order valence-corrected chi connectivity index (χ2v) is 7.67. The van der Waals surface area contributed by atoms with Crippen LogP contribution < -0.4 is 16.4 Å². The standard InChI is InChI=1S/C18H32FN5O4/c1-18(2,19)17(28)24(10-12(11-25)22-15(26)9-21-3)8-7-13-5-6-14(16(20)27)23(13)4/h11-14,21H,5-10H2,1-4H3,(H2,20,27)(H,22,26). The van der Waals surface area contributed by atoms with Gasteiger partial charge in [0.15, 0.2) is 5.67 Å². The van der Waals surface area contributed by atoms with E-state index in [2.05, 4.69) is 10.6 Å². The fourth-order valence-corrected chi connectivity index (χ4v) is 3.44. The van der Waals surface area contributed by atoms with Crippen molar-refractivity contribution < 1.29 is 23.6 Å². The number of nitrogens with zero attached hydrogens (tertiary/aromatic N) is 2. The molecule has 0 aromatic heterocycles. The second-order valence-electron chi connectivity index (χ2n) is 7.67. The number of alkyl halides is 1. The third kappa shape index (κ3) is 6.83. The lowest BCUT2D eigenvalue weighted by Gasteiger charge is -2.32. The Morgan fingerprint density at radius 3 is 2.46 bits per heavy atom. The van der Waals surface area contributed by atoms with E-state index in [1.165, 1.54) is 4.90 Å². The van der Waals surface area contributed by atoms with E-state index in [0.29, 0.717) is 19.1 Å². The zero-order chi connectivity index (χ0) is 21.5. The van der Waals surface area contributed by atoms with Gasteiger partial charge in [0, 0.05) is 19.1 Å². The first kappa shape index (κ1) is 24.0. The number of rotatable bonds is 11. The minimum absolute atomic E-state index is 0.0177. The van der Waals surface area contributed by atoms with Gasteiger partial charge in [0.25, 0.3) is 5.91 Å². The maximum atomic E-state index is 14.3. The highest BCUT2D eigenvalue weighted by molar-refractivity contribution is 5.85. The van der Waals surface area contributed by atoms with Crippen molar-refractivity contribution in [1.29, 1.82) is 0 Å². The molecule has 28 heavy (non-hydrogen) atoms. The van der Waals surface area contributed by atoms with Crippen molar-refractivity contribution in [1.82, 2.24) is 20.4 Å². The summed E-state index contributed by atoms with van der Waals surface area (Å²) in [5.74, 6) is -1.54. The van der Waals surface area contributed by atoms with Crippen molar-refractivity contribution in [2.24, 2.45) is 5.73 Å². The zero-order valence-electron chi connectivity index (χ0n) is 17.0. The van der Waals surface area contributed by atoms with E-state index in [9.17, 15) is 23.6 Å². The topological polar surface area (TPSA) is 125 Å². The van der Waals surface area contributed by atoms with E-state index >= 15 is 0 Å². The molecule has 4 N–H and O–H groups in total. The van der Waals surface area contributed by atoms with Crippen LogP contribution in [0.1, 0.15) is 33.1 Å². The highest BCUT2D eigenvalue weighted by atomic mass is 19.1. The number of halogens is 1. The third-order valence-corrected chi connectivity index (χ3v) is 4.96. The Labute approximate surface area is 165 Å². The van der Waals surface area contributed by atoms with E-state index in [1.54, 1.807) is 14.1 Å². The lowest BCUT2D eigenvalue weighted by Crippen LogP contribution is -2.52. The van der Waals surface area contributed by atoms with Crippen molar-refractivity contribution in [2.75, 3.05) is 33.7 Å². The lowest BCUT2D eigenvalue weighted by atomic mass is 10.1. The Bertz CT molecular complexity index is 581. The molecule has 3 amide bonds. The lowest BCUT2D eigenvalue weighted by molar-refractivity contribution is -0.143. The van der Waals surface area contributed by atoms with Gasteiger partial charge in [0.1, 0.15) is 12.3 Å². The summed E-state index contributed by atoms with van der Waals surface area (Å²) in [6.45, 7) is 2.40. The third-order valence-electron chi connectivity index (χ3n) is 4.96. The number of amides is 3. The molecule has 9 nitrogen and oxygen atoms in total. The predicted molar refractivity (Wildman–Crippen MR) is 102 cm³/mol. The van der Waals surface area contributed by atoms with Gasteiger partial charge in [-0.1, -0.05) is 0 Å². The zero-order valence-corrected chi connectivity index (χ0v) is 17.0. The molecule has 3 unspecified atom stereocenters. The van der Waals surface area contributed by atoms with Crippen molar-refractivity contribution in [3.05, 3.63) is 0 Å². The highest BCUT2D eigenvalue weighted by Gasteiger charge is 2.36. The van der Waals surface area contributed by atoms with Crippen LogP contribution in [0.2, 0.25) is 0 Å². The molecule has 0 saturated carbocycles. The summed E-state index contributed by atoms with van der Waals surface area (Å²) in [6.07, 6.45) is 2.40. The normalized spacial score (nSPS) is 21.2. The van der Waals surface area contributed by atoms with Crippen molar-refractivity contribution >= 4 is 24.0 Å². The fraction of sp³-hybridized carbons (Fsp3) is 0.778. The molecule has 0 aromatic carbocycles. The SMILES string of the molecule is CNCC(=O)NC(C=O)CN(CCC1CCC(C(N)=O)N1C)C(=O)C(C)(C)F. The van der Waals surface area contributed by atoms with Crippen LogP contribution in [-0.4, -0.2) is 91.3 Å². The largest absolute Gasteiger partial charge is 0.368 e. The maximum absolute atomic E-state index is 14.3. The average Bonchev–Trinajstić information content (AvgIpc) is 2.97. The van der Waals surface area contributed by atoms with Gasteiger partial charge in [-0.25, -0.2) is 4.39 Å². The molecule has 3 atom stereocenters. The molecule has 1 rings (SSSR count). The number of nitrogens with one attached hydrogen (secondary N) is 2. The van der Waals surface area contributed by atoms with E-state index in [4.69, 9.17) is 5.73 Å². The van der Waals surface area contributed by atoms with Crippen LogP contribution in [0.4, 0.5) is 4.39 Å². The molecule has 1 fully saturated rings. The van der Waals surface area contributed by atoms with Gasteiger partial charge < -0.3 is 26.1 Å². The molecule has 0 spiro atoms. The minimum atomic E-state index is -2.11. The Hall–Kier alpha value is -2.07. The van der Waals surface area contributed by atoms with Gasteiger partial charge in [0.2, 0.25) is 11.8 Å². The first-order valence-electron chi connectivity index (χ1n) is 9.40. The van der Waals surface area contributed by atoms with E-state index in [-0.39, 0.29) is 31.7 Å². The molecule has 10 heteroatoms. The van der Waals surface area contributed by atoms with Crippen LogP contribution in [-0.2, 0) is 19.2 Å². The molecule has 0 bridgehead atoms. The van der Waals surface area contributed by atoms with Gasteiger partial charge in [-0.2, -0.15) is 0 Å². The number of nitrogens with two attached hydrogens (primary N) is 1. The number of likely N-dealkylation sites (N-methyl/N-ethyl adjacent to an activating group) is 2. The molecule has 160 valence electrons. The molecular weight excluding hydrogens is 369 g/mol. The van der Waals surface area contributed by atoms with Gasteiger partial charge in [-0.05, 0) is 47.2 Å². The van der Waals surface area contributed by atoms with Crippen LogP contribution in [0.25, 0.3) is 0 Å². The molecule has 0 aliphatic carbocycles. The van der Waals surface area contributed by atoms with Crippen molar-refractivity contribution in [2.45, 2.75) is 56.9 Å². The smallest absolute Gasteiger partial charge is 0.259 e. The number of primary amides is 1. The van der Waals surface area contributed by atoms with E-state index in [0.717, 1.165) is 20.3 Å². The summed E-state index contributed by atoms with van der Waals surface area (Å²) < 4.78 is 14.3. The number of carbonyl (C=O) groups is 4. The average molecular weight is 401 g/mol. The number of carbonyl (C=O) groups excluding carboxylic acids is 4. The number of aldehydes is 1. The van der Waals surface area contributed by atoms with Gasteiger partial charge in [-0.3, -0.25) is 19.3 Å². The van der Waals surface area contributed by atoms with Crippen LogP contribution in [0.15, 0.2) is 0 Å². The molecule has 1 aliphatic rings. The first-order valence-corrected chi connectivity index (χ1v) is 9.40. The van der Waals surface area contributed by atoms with Crippen molar-refractivity contribution in [3.8, 4) is 0 Å². The molecule has 0 aromatic rings. The van der Waals surface area contributed by atoms with Crippen LogP contribution >= 0.6 is 0 Å². The quantitative estimate of drug-likeness (QED) is 0.374. The van der Waals surface area contributed by atoms with Crippen molar-refractivity contribution in [3.63, 3.8) is 0 Å². The second kappa shape index (κ2) is 10.5. The Morgan fingerprint density at radius 1 is 1.36 bits per heavy atom. The molecule has 1 saturated heterocycles. The number of likely N-dealkylation sites (tertiary alicyclic amines) is 1. The van der Waals surface area contributed by atoms with Crippen LogP contribution in [0.3, 0.4) is 0 Å². The number of hydrogen-bond acceptors (Lipinski definition) is 6. The fourth-order valence-electron chi connectivity index (χ4n) is 3.44. The Morgan fingerprint density at radius 2 is 2.00 bits per heavy atom. The Kier molecular flexibility index (Phi) is 8.96. The summed E-state index contributed by atoms with van der Waals surface area (Å²) in [5.41, 5.74) is 3.28. The van der Waals surface area contributed by atoms with Gasteiger partial charge in [-0.15, -0.1) is 0 Å². The summed E-state index contributed by atoms with van der Waals surface area (Å²) in [5, 5.41) is 5.17. The van der Waals surface area contributed by atoms with Gasteiger partial charge in [0.05, 0.1) is 12.6 Å². The van der Waals surface area contributed by atoms with E-state index in [1.807, 2.05) is 4.90 Å². The van der Waals surface area contributed by atoms with Gasteiger partial charge >= 0.3 is 0 Å². The monoisotopic (exact) mass is 401 g/mol. The van der Waals surface area contributed by atoms with Crippen LogP contribution in [0.5, 0.6) is 0 Å². The number of hydrogen-bond donors (Lipinski definition) is 3. The summed E-state index contributed by atoms with van der Waals surface area (Å²) in [4.78, 5) is 50.2. The molecular formula is C18H32FN5O4. The highest BCUT2D eigenvalue weighted by Crippen LogP contribution is 2.25. The predicted octanol–water partition coefficient (Wildman–Crippen LogP) is -1.20. The van der Waals surface area contributed by atoms with Crippen LogP contribution in [0, 0.1) is 0 Å².